The second-order valence-electron chi connectivity index (χ2n) is 5.01. The van der Waals surface area contributed by atoms with Crippen molar-refractivity contribution in [3.05, 3.63) is 52.3 Å². The van der Waals surface area contributed by atoms with E-state index in [9.17, 15) is 0 Å². The van der Waals surface area contributed by atoms with Crippen molar-refractivity contribution in [2.24, 2.45) is 7.05 Å². The maximum atomic E-state index is 4.34. The molecule has 0 saturated carbocycles. The molecule has 0 amide bonds. The van der Waals surface area contributed by atoms with Crippen molar-refractivity contribution in [3.63, 3.8) is 0 Å². The summed E-state index contributed by atoms with van der Waals surface area (Å²) in [6, 6.07) is 6.67. The normalized spacial score (nSPS) is 10.9. The Bertz CT molecular complexity index is 520. The van der Waals surface area contributed by atoms with Gasteiger partial charge in [0.1, 0.15) is 0 Å². The molecule has 1 N–H and O–H groups in total. The van der Waals surface area contributed by atoms with Crippen molar-refractivity contribution in [1.82, 2.24) is 15.1 Å². The quantitative estimate of drug-likeness (QED) is 0.894. The fraction of sp³-hybridized carbons (Fsp3) is 0.400. The molecule has 0 aliphatic heterocycles. The second-order valence-corrected chi connectivity index (χ2v) is 5.01. The Morgan fingerprint density at radius 3 is 2.28 bits per heavy atom. The molecule has 96 valence electrons. The van der Waals surface area contributed by atoms with Crippen LogP contribution in [0.4, 0.5) is 0 Å². The fourth-order valence-electron chi connectivity index (χ4n) is 2.33. The molecule has 0 radical (unpaired) electrons. The van der Waals surface area contributed by atoms with Crippen LogP contribution in [0.15, 0.2) is 24.4 Å². The molecule has 2 aromatic rings. The molecule has 0 spiro atoms. The van der Waals surface area contributed by atoms with Crippen LogP contribution in [0.2, 0.25) is 0 Å². The monoisotopic (exact) mass is 243 g/mol. The zero-order valence-corrected chi connectivity index (χ0v) is 11.6. The Balaban J connectivity index is 1.94. The first-order valence-electron chi connectivity index (χ1n) is 6.31. The minimum Gasteiger partial charge on any atom is -0.308 e. The summed E-state index contributed by atoms with van der Waals surface area (Å²) in [4.78, 5) is 0. The van der Waals surface area contributed by atoms with E-state index in [4.69, 9.17) is 0 Å². The predicted octanol–water partition coefficient (Wildman–Crippen LogP) is 2.64. The van der Waals surface area contributed by atoms with Crippen molar-refractivity contribution in [1.29, 1.82) is 0 Å². The van der Waals surface area contributed by atoms with Gasteiger partial charge in [-0.1, -0.05) is 29.3 Å². The molecular formula is C15H21N3. The summed E-state index contributed by atoms with van der Waals surface area (Å²) in [7, 11) is 1.96. The highest BCUT2D eigenvalue weighted by molar-refractivity contribution is 5.28. The van der Waals surface area contributed by atoms with Crippen molar-refractivity contribution < 1.29 is 0 Å². The third-order valence-electron chi connectivity index (χ3n) is 3.04. The van der Waals surface area contributed by atoms with Crippen molar-refractivity contribution in [2.75, 3.05) is 0 Å². The highest BCUT2D eigenvalue weighted by Crippen LogP contribution is 2.09. The second kappa shape index (κ2) is 5.36. The maximum absolute atomic E-state index is 4.34. The third-order valence-corrected chi connectivity index (χ3v) is 3.04. The summed E-state index contributed by atoms with van der Waals surface area (Å²) in [5.74, 6) is 0. The molecular weight excluding hydrogens is 222 g/mol. The summed E-state index contributed by atoms with van der Waals surface area (Å²) < 4.78 is 1.86. The van der Waals surface area contributed by atoms with Crippen LogP contribution < -0.4 is 5.32 Å². The van der Waals surface area contributed by atoms with Crippen molar-refractivity contribution in [3.8, 4) is 0 Å². The molecule has 3 nitrogen and oxygen atoms in total. The third kappa shape index (κ3) is 3.20. The van der Waals surface area contributed by atoms with E-state index in [1.807, 2.05) is 18.7 Å². The fourth-order valence-corrected chi connectivity index (χ4v) is 2.33. The zero-order chi connectivity index (χ0) is 13.1. The van der Waals surface area contributed by atoms with Crippen LogP contribution in [0.1, 0.15) is 27.9 Å². The lowest BCUT2D eigenvalue weighted by Gasteiger charge is -2.06. The van der Waals surface area contributed by atoms with Gasteiger partial charge in [0, 0.05) is 31.9 Å². The SMILES string of the molecule is Cc1cc(C)cc(CNCc2cn(C)nc2C)c1. The summed E-state index contributed by atoms with van der Waals surface area (Å²) in [6.07, 6.45) is 2.07. The van der Waals surface area contributed by atoms with Crippen molar-refractivity contribution >= 4 is 0 Å². The summed E-state index contributed by atoms with van der Waals surface area (Å²) in [5, 5.41) is 7.81. The van der Waals surface area contributed by atoms with Crippen LogP contribution in [-0.4, -0.2) is 9.78 Å². The Kier molecular flexibility index (Phi) is 3.82. The molecule has 0 bridgehead atoms. The standard InChI is InChI=1S/C15H21N3/c1-11-5-12(2)7-14(6-11)8-16-9-15-10-18(4)17-13(15)3/h5-7,10,16H,8-9H2,1-4H3. The molecule has 1 aromatic carbocycles. The van der Waals surface area contributed by atoms with Crippen LogP contribution in [-0.2, 0) is 20.1 Å². The van der Waals surface area contributed by atoms with Gasteiger partial charge < -0.3 is 5.32 Å². The summed E-state index contributed by atoms with van der Waals surface area (Å²) in [5.41, 5.74) is 6.36. The van der Waals surface area contributed by atoms with Gasteiger partial charge in [-0.15, -0.1) is 0 Å². The molecule has 0 saturated heterocycles. The highest BCUT2D eigenvalue weighted by atomic mass is 15.2. The van der Waals surface area contributed by atoms with Gasteiger partial charge >= 0.3 is 0 Å². The van der Waals surface area contributed by atoms with Crippen LogP contribution in [0.3, 0.4) is 0 Å². The highest BCUT2D eigenvalue weighted by Gasteiger charge is 2.02. The minimum atomic E-state index is 0.868. The lowest BCUT2D eigenvalue weighted by Crippen LogP contribution is -2.13. The molecule has 1 aromatic heterocycles. The lowest BCUT2D eigenvalue weighted by molar-refractivity contribution is 0.689. The van der Waals surface area contributed by atoms with Gasteiger partial charge in [0.05, 0.1) is 5.69 Å². The number of aromatic nitrogens is 2. The minimum absolute atomic E-state index is 0.868. The van der Waals surface area contributed by atoms with Crippen molar-refractivity contribution in [2.45, 2.75) is 33.9 Å². The van der Waals surface area contributed by atoms with Gasteiger partial charge in [0.2, 0.25) is 0 Å². The van der Waals surface area contributed by atoms with Gasteiger partial charge in [0.15, 0.2) is 0 Å². The van der Waals surface area contributed by atoms with Gasteiger partial charge in [-0.2, -0.15) is 5.10 Å². The molecule has 2 rings (SSSR count). The number of aryl methyl sites for hydroxylation is 4. The summed E-state index contributed by atoms with van der Waals surface area (Å²) in [6.45, 7) is 8.10. The smallest absolute Gasteiger partial charge is 0.0638 e. The van der Waals surface area contributed by atoms with Gasteiger partial charge in [-0.3, -0.25) is 4.68 Å². The van der Waals surface area contributed by atoms with E-state index < -0.39 is 0 Å². The number of hydrogen-bond donors (Lipinski definition) is 1. The Hall–Kier alpha value is -1.61. The Morgan fingerprint density at radius 1 is 1.06 bits per heavy atom. The molecule has 1 heterocycles. The van der Waals surface area contributed by atoms with Gasteiger partial charge in [0.25, 0.3) is 0 Å². The van der Waals surface area contributed by atoms with E-state index in [0.29, 0.717) is 0 Å². The van der Waals surface area contributed by atoms with Gasteiger partial charge in [-0.25, -0.2) is 0 Å². The molecule has 18 heavy (non-hydrogen) atoms. The van der Waals surface area contributed by atoms with E-state index >= 15 is 0 Å². The van der Waals surface area contributed by atoms with E-state index in [2.05, 4.69) is 48.7 Å². The number of nitrogens with zero attached hydrogens (tertiary/aromatic N) is 2. The van der Waals surface area contributed by atoms with Crippen LogP contribution >= 0.6 is 0 Å². The first-order chi connectivity index (χ1) is 8.54. The van der Waals surface area contributed by atoms with Crippen LogP contribution in [0.5, 0.6) is 0 Å². The average Bonchev–Trinajstić information content (AvgIpc) is 2.56. The molecule has 3 heteroatoms. The molecule has 0 fully saturated rings. The number of benzene rings is 1. The van der Waals surface area contributed by atoms with Crippen LogP contribution in [0.25, 0.3) is 0 Å². The molecule has 0 atom stereocenters. The zero-order valence-electron chi connectivity index (χ0n) is 11.6. The maximum Gasteiger partial charge on any atom is 0.0638 e. The van der Waals surface area contributed by atoms with Gasteiger partial charge in [-0.05, 0) is 26.3 Å². The van der Waals surface area contributed by atoms with E-state index in [-0.39, 0.29) is 0 Å². The topological polar surface area (TPSA) is 29.9 Å². The first-order valence-corrected chi connectivity index (χ1v) is 6.31. The largest absolute Gasteiger partial charge is 0.308 e. The first kappa shape index (κ1) is 12.8. The number of nitrogens with one attached hydrogen (secondary N) is 1. The predicted molar refractivity (Wildman–Crippen MR) is 74.4 cm³/mol. The van der Waals surface area contributed by atoms with E-state index in [1.165, 1.54) is 22.3 Å². The lowest BCUT2D eigenvalue weighted by atomic mass is 10.1. The Morgan fingerprint density at radius 2 is 1.72 bits per heavy atom. The molecule has 0 aliphatic rings. The number of hydrogen-bond acceptors (Lipinski definition) is 2. The molecule has 0 unspecified atom stereocenters. The molecule has 0 aliphatic carbocycles. The average molecular weight is 243 g/mol. The summed E-state index contributed by atoms with van der Waals surface area (Å²) >= 11 is 0. The Labute approximate surface area is 109 Å². The van der Waals surface area contributed by atoms with E-state index in [1.54, 1.807) is 0 Å². The van der Waals surface area contributed by atoms with E-state index in [0.717, 1.165) is 18.8 Å². The number of rotatable bonds is 4. The van der Waals surface area contributed by atoms with Crippen LogP contribution in [0, 0.1) is 20.8 Å².